The number of hydrogen-bond donors (Lipinski definition) is 1. The molecule has 2 fully saturated rings. The number of amides is 1. The Labute approximate surface area is 112 Å². The van der Waals surface area contributed by atoms with E-state index in [4.69, 9.17) is 0 Å². The van der Waals surface area contributed by atoms with Crippen LogP contribution in [0.25, 0.3) is 0 Å². The van der Waals surface area contributed by atoms with Crippen LogP contribution < -0.4 is 5.32 Å². The molecule has 2 aliphatic carbocycles. The first-order valence-corrected chi connectivity index (χ1v) is 8.10. The first kappa shape index (κ1) is 13.9. The van der Waals surface area contributed by atoms with Crippen molar-refractivity contribution in [3.63, 3.8) is 0 Å². The van der Waals surface area contributed by atoms with Gasteiger partial charge in [0.05, 0.1) is 0 Å². The summed E-state index contributed by atoms with van der Waals surface area (Å²) in [5.41, 5.74) is 0. The first-order chi connectivity index (χ1) is 8.83. The molecule has 0 heterocycles. The summed E-state index contributed by atoms with van der Waals surface area (Å²) < 4.78 is 0. The average molecular weight is 251 g/mol. The van der Waals surface area contributed by atoms with Gasteiger partial charge < -0.3 is 5.32 Å². The lowest BCUT2D eigenvalue weighted by atomic mass is 9.69. The molecule has 0 atom stereocenters. The monoisotopic (exact) mass is 251 g/mol. The molecular weight excluding hydrogens is 222 g/mol. The minimum absolute atomic E-state index is 0.325. The zero-order valence-electron chi connectivity index (χ0n) is 11.9. The Bertz CT molecular complexity index is 234. The maximum absolute atomic E-state index is 12.4. The highest BCUT2D eigenvalue weighted by Gasteiger charge is 2.35. The van der Waals surface area contributed by atoms with E-state index in [9.17, 15) is 4.79 Å². The van der Waals surface area contributed by atoms with E-state index < -0.39 is 0 Å². The number of rotatable bonds is 4. The molecule has 0 radical (unpaired) electrons. The van der Waals surface area contributed by atoms with Crippen LogP contribution in [0.1, 0.15) is 71.1 Å². The molecule has 104 valence electrons. The number of nitrogens with one attached hydrogen (secondary N) is 1. The third kappa shape index (κ3) is 3.49. The Morgan fingerprint density at radius 2 is 1.39 bits per heavy atom. The van der Waals surface area contributed by atoms with E-state index in [2.05, 4.69) is 5.32 Å². The van der Waals surface area contributed by atoms with Crippen LogP contribution in [-0.2, 0) is 4.79 Å². The molecule has 1 amide bonds. The number of carbonyl (C=O) groups excluding carboxylic acids is 1. The highest BCUT2D eigenvalue weighted by molar-refractivity contribution is 5.79. The van der Waals surface area contributed by atoms with Crippen LogP contribution in [0.5, 0.6) is 0 Å². The van der Waals surface area contributed by atoms with Crippen LogP contribution in [0.2, 0.25) is 0 Å². The van der Waals surface area contributed by atoms with E-state index >= 15 is 0 Å². The van der Waals surface area contributed by atoms with Gasteiger partial charge in [-0.25, -0.2) is 0 Å². The molecule has 1 N–H and O–H groups in total. The summed E-state index contributed by atoms with van der Waals surface area (Å²) in [7, 11) is 0. The van der Waals surface area contributed by atoms with Crippen molar-refractivity contribution in [1.29, 1.82) is 0 Å². The lowest BCUT2D eigenvalue weighted by molar-refractivity contribution is -0.129. The summed E-state index contributed by atoms with van der Waals surface area (Å²) in [5, 5.41) is 3.10. The van der Waals surface area contributed by atoms with Crippen molar-refractivity contribution >= 4 is 5.91 Å². The fraction of sp³-hybridized carbons (Fsp3) is 0.938. The fourth-order valence-corrected chi connectivity index (χ4v) is 4.09. The van der Waals surface area contributed by atoms with Gasteiger partial charge in [-0.05, 0) is 44.4 Å². The molecule has 0 aliphatic heterocycles. The molecule has 2 saturated carbocycles. The third-order valence-electron chi connectivity index (χ3n) is 4.97. The summed E-state index contributed by atoms with van der Waals surface area (Å²) in [6.07, 6.45) is 13.3. The fourth-order valence-electron chi connectivity index (χ4n) is 4.09. The molecule has 0 spiro atoms. The zero-order chi connectivity index (χ0) is 12.8. The third-order valence-corrected chi connectivity index (χ3v) is 4.97. The van der Waals surface area contributed by atoms with Crippen molar-refractivity contribution in [2.45, 2.75) is 71.1 Å². The molecule has 0 aromatic carbocycles. The molecule has 0 unspecified atom stereocenters. The standard InChI is InChI=1S/C16H29NO/c1-2-17-16(18)15(13-9-5-3-6-10-13)14-11-7-4-8-12-14/h13-15H,2-12H2,1H3,(H,17,18). The second-order valence-electron chi connectivity index (χ2n) is 6.22. The van der Waals surface area contributed by atoms with Crippen molar-refractivity contribution in [1.82, 2.24) is 5.32 Å². The van der Waals surface area contributed by atoms with Gasteiger partial charge in [-0.1, -0.05) is 38.5 Å². The largest absolute Gasteiger partial charge is 0.356 e. The predicted molar refractivity (Wildman–Crippen MR) is 75.3 cm³/mol. The molecular formula is C16H29NO. The first-order valence-electron chi connectivity index (χ1n) is 8.10. The number of hydrogen-bond acceptors (Lipinski definition) is 1. The van der Waals surface area contributed by atoms with Gasteiger partial charge in [0.15, 0.2) is 0 Å². The summed E-state index contributed by atoms with van der Waals surface area (Å²) in [6.45, 7) is 2.82. The van der Waals surface area contributed by atoms with Crippen molar-refractivity contribution in [3.8, 4) is 0 Å². The second-order valence-corrected chi connectivity index (χ2v) is 6.22. The SMILES string of the molecule is CCNC(=O)C(C1CCCCC1)C1CCCCC1. The maximum Gasteiger partial charge on any atom is 0.223 e. The van der Waals surface area contributed by atoms with Gasteiger partial charge in [0.1, 0.15) is 0 Å². The van der Waals surface area contributed by atoms with Crippen molar-refractivity contribution in [2.75, 3.05) is 6.54 Å². The minimum Gasteiger partial charge on any atom is -0.356 e. The number of carbonyl (C=O) groups is 1. The highest BCUT2D eigenvalue weighted by Crippen LogP contribution is 2.40. The van der Waals surface area contributed by atoms with Gasteiger partial charge in [0, 0.05) is 12.5 Å². The van der Waals surface area contributed by atoms with Crippen LogP contribution in [-0.4, -0.2) is 12.5 Å². The van der Waals surface area contributed by atoms with Gasteiger partial charge in [-0.2, -0.15) is 0 Å². The van der Waals surface area contributed by atoms with Crippen LogP contribution in [0, 0.1) is 17.8 Å². The normalized spacial score (nSPS) is 23.2. The molecule has 2 aliphatic rings. The lowest BCUT2D eigenvalue weighted by Gasteiger charge is -2.36. The zero-order valence-corrected chi connectivity index (χ0v) is 11.9. The molecule has 0 aromatic rings. The Kier molecular flexibility index (Phi) is 5.52. The molecule has 0 aromatic heterocycles. The van der Waals surface area contributed by atoms with Crippen molar-refractivity contribution in [2.24, 2.45) is 17.8 Å². The minimum atomic E-state index is 0.325. The quantitative estimate of drug-likeness (QED) is 0.806. The second kappa shape index (κ2) is 7.16. The lowest BCUT2D eigenvalue weighted by Crippen LogP contribution is -2.40. The summed E-state index contributed by atoms with van der Waals surface area (Å²) in [6, 6.07) is 0. The van der Waals surface area contributed by atoms with Crippen molar-refractivity contribution < 1.29 is 4.79 Å². The summed E-state index contributed by atoms with van der Waals surface area (Å²) in [5.74, 6) is 2.03. The molecule has 2 nitrogen and oxygen atoms in total. The summed E-state index contributed by atoms with van der Waals surface area (Å²) in [4.78, 5) is 12.4. The average Bonchev–Trinajstić information content (AvgIpc) is 2.42. The molecule has 0 saturated heterocycles. The van der Waals surface area contributed by atoms with E-state index in [1.807, 2.05) is 6.92 Å². The Morgan fingerprint density at radius 3 is 1.78 bits per heavy atom. The van der Waals surface area contributed by atoms with Gasteiger partial charge in [-0.3, -0.25) is 4.79 Å². The van der Waals surface area contributed by atoms with Gasteiger partial charge in [0.2, 0.25) is 5.91 Å². The van der Waals surface area contributed by atoms with Crippen molar-refractivity contribution in [3.05, 3.63) is 0 Å². The topological polar surface area (TPSA) is 29.1 Å². The Balaban J connectivity index is 2.02. The van der Waals surface area contributed by atoms with Gasteiger partial charge in [-0.15, -0.1) is 0 Å². The van der Waals surface area contributed by atoms with Crippen LogP contribution in [0.15, 0.2) is 0 Å². The van der Waals surface area contributed by atoms with Crippen LogP contribution >= 0.6 is 0 Å². The molecule has 0 bridgehead atoms. The van der Waals surface area contributed by atoms with E-state index in [1.54, 1.807) is 0 Å². The van der Waals surface area contributed by atoms with Gasteiger partial charge >= 0.3 is 0 Å². The van der Waals surface area contributed by atoms with E-state index in [1.165, 1.54) is 64.2 Å². The summed E-state index contributed by atoms with van der Waals surface area (Å²) >= 11 is 0. The molecule has 18 heavy (non-hydrogen) atoms. The van der Waals surface area contributed by atoms with Gasteiger partial charge in [0.25, 0.3) is 0 Å². The molecule has 2 heteroatoms. The van der Waals surface area contributed by atoms with Crippen LogP contribution in [0.4, 0.5) is 0 Å². The highest BCUT2D eigenvalue weighted by atomic mass is 16.1. The Hall–Kier alpha value is -0.530. The maximum atomic E-state index is 12.4. The Morgan fingerprint density at radius 1 is 0.944 bits per heavy atom. The van der Waals surface area contributed by atoms with E-state index in [0.29, 0.717) is 23.7 Å². The smallest absolute Gasteiger partial charge is 0.223 e. The predicted octanol–water partition coefficient (Wildman–Crippen LogP) is 3.90. The van der Waals surface area contributed by atoms with E-state index in [-0.39, 0.29) is 0 Å². The van der Waals surface area contributed by atoms with Crippen LogP contribution in [0.3, 0.4) is 0 Å². The van der Waals surface area contributed by atoms with E-state index in [0.717, 1.165) is 6.54 Å². The molecule has 2 rings (SSSR count).